The average molecular weight is 246 g/mol. The van der Waals surface area contributed by atoms with Crippen molar-refractivity contribution in [3.8, 4) is 0 Å². The number of hydrogen-bond donors (Lipinski definition) is 1. The third-order valence-electron chi connectivity index (χ3n) is 4.23. The van der Waals surface area contributed by atoms with E-state index in [2.05, 4.69) is 43.9 Å². The summed E-state index contributed by atoms with van der Waals surface area (Å²) in [4.78, 5) is 2.63. The van der Waals surface area contributed by atoms with Crippen molar-refractivity contribution in [1.82, 2.24) is 0 Å². The first-order valence-electron chi connectivity index (χ1n) is 7.25. The minimum Gasteiger partial charge on any atom is -0.366 e. The summed E-state index contributed by atoms with van der Waals surface area (Å²) in [5.41, 5.74) is 9.81. The maximum atomic E-state index is 5.63. The van der Waals surface area contributed by atoms with Crippen LogP contribution in [0.15, 0.2) is 18.2 Å². The molecule has 1 aromatic carbocycles. The number of aryl methyl sites for hydroxylation is 1. The molecule has 0 bridgehead atoms. The molecule has 0 aliphatic carbocycles. The lowest BCUT2D eigenvalue weighted by molar-refractivity contribution is 0.626. The molecular formula is C16H26N2. The maximum absolute atomic E-state index is 5.63. The van der Waals surface area contributed by atoms with Gasteiger partial charge in [0.15, 0.2) is 0 Å². The van der Waals surface area contributed by atoms with E-state index in [4.69, 9.17) is 5.73 Å². The van der Waals surface area contributed by atoms with Gasteiger partial charge in [-0.05, 0) is 63.3 Å². The SMILES string of the molecule is CCC1CCC(C)N1c1ccc(CCN)cc1C. The molecule has 0 aromatic heterocycles. The van der Waals surface area contributed by atoms with Crippen molar-refractivity contribution in [3.63, 3.8) is 0 Å². The standard InChI is InChI=1S/C16H26N2/c1-4-15-7-5-13(3)18(15)16-8-6-14(9-10-17)11-12(16)2/h6,8,11,13,15H,4-5,7,9-10,17H2,1-3H3. The van der Waals surface area contributed by atoms with Crippen molar-refractivity contribution < 1.29 is 0 Å². The third kappa shape index (κ3) is 2.54. The van der Waals surface area contributed by atoms with Gasteiger partial charge in [-0.15, -0.1) is 0 Å². The molecular weight excluding hydrogens is 220 g/mol. The fraction of sp³-hybridized carbons (Fsp3) is 0.625. The summed E-state index contributed by atoms with van der Waals surface area (Å²) in [5.74, 6) is 0. The van der Waals surface area contributed by atoms with Crippen molar-refractivity contribution in [2.24, 2.45) is 5.73 Å². The molecule has 1 heterocycles. The zero-order valence-electron chi connectivity index (χ0n) is 11.9. The van der Waals surface area contributed by atoms with Gasteiger partial charge >= 0.3 is 0 Å². The van der Waals surface area contributed by atoms with E-state index in [1.54, 1.807) is 0 Å². The first kappa shape index (κ1) is 13.4. The second kappa shape index (κ2) is 5.75. The zero-order valence-corrected chi connectivity index (χ0v) is 11.9. The molecule has 18 heavy (non-hydrogen) atoms. The summed E-state index contributed by atoms with van der Waals surface area (Å²) >= 11 is 0. The van der Waals surface area contributed by atoms with E-state index < -0.39 is 0 Å². The Morgan fingerprint density at radius 3 is 2.72 bits per heavy atom. The smallest absolute Gasteiger partial charge is 0.0401 e. The molecule has 1 saturated heterocycles. The van der Waals surface area contributed by atoms with Crippen molar-refractivity contribution in [2.45, 2.75) is 58.5 Å². The molecule has 1 fully saturated rings. The van der Waals surface area contributed by atoms with Gasteiger partial charge in [-0.1, -0.05) is 19.1 Å². The van der Waals surface area contributed by atoms with Crippen molar-refractivity contribution >= 4 is 5.69 Å². The van der Waals surface area contributed by atoms with Gasteiger partial charge in [0.2, 0.25) is 0 Å². The lowest BCUT2D eigenvalue weighted by Gasteiger charge is -2.32. The van der Waals surface area contributed by atoms with Crippen LogP contribution < -0.4 is 10.6 Å². The van der Waals surface area contributed by atoms with Crippen molar-refractivity contribution in [3.05, 3.63) is 29.3 Å². The van der Waals surface area contributed by atoms with E-state index in [1.165, 1.54) is 36.1 Å². The van der Waals surface area contributed by atoms with Gasteiger partial charge in [0.05, 0.1) is 0 Å². The Balaban J connectivity index is 2.27. The van der Waals surface area contributed by atoms with E-state index in [9.17, 15) is 0 Å². The number of anilines is 1. The van der Waals surface area contributed by atoms with Crippen LogP contribution in [0.2, 0.25) is 0 Å². The number of benzene rings is 1. The molecule has 1 aliphatic rings. The Morgan fingerprint density at radius 2 is 2.11 bits per heavy atom. The van der Waals surface area contributed by atoms with Gasteiger partial charge in [-0.2, -0.15) is 0 Å². The second-order valence-corrected chi connectivity index (χ2v) is 5.56. The summed E-state index contributed by atoms with van der Waals surface area (Å²) in [6.07, 6.45) is 4.88. The van der Waals surface area contributed by atoms with Crippen molar-refractivity contribution in [1.29, 1.82) is 0 Å². The lowest BCUT2D eigenvalue weighted by atomic mass is 10.0. The molecule has 0 radical (unpaired) electrons. The van der Waals surface area contributed by atoms with Crippen LogP contribution in [0.4, 0.5) is 5.69 Å². The first-order valence-corrected chi connectivity index (χ1v) is 7.25. The molecule has 0 amide bonds. The molecule has 0 saturated carbocycles. The highest BCUT2D eigenvalue weighted by Gasteiger charge is 2.30. The van der Waals surface area contributed by atoms with Crippen LogP contribution in [0, 0.1) is 6.92 Å². The van der Waals surface area contributed by atoms with Crippen LogP contribution in [0.3, 0.4) is 0 Å². The summed E-state index contributed by atoms with van der Waals surface area (Å²) in [7, 11) is 0. The zero-order chi connectivity index (χ0) is 13.1. The van der Waals surface area contributed by atoms with E-state index in [0.717, 1.165) is 19.0 Å². The summed E-state index contributed by atoms with van der Waals surface area (Å²) < 4.78 is 0. The van der Waals surface area contributed by atoms with Crippen LogP contribution in [-0.2, 0) is 6.42 Å². The van der Waals surface area contributed by atoms with E-state index in [-0.39, 0.29) is 0 Å². The summed E-state index contributed by atoms with van der Waals surface area (Å²) in [6.45, 7) is 7.61. The molecule has 0 spiro atoms. The van der Waals surface area contributed by atoms with Crippen LogP contribution >= 0.6 is 0 Å². The minimum atomic E-state index is 0.675. The van der Waals surface area contributed by atoms with Gasteiger partial charge in [0.1, 0.15) is 0 Å². The molecule has 2 nitrogen and oxygen atoms in total. The predicted octanol–water partition coefficient (Wildman–Crippen LogP) is 3.26. The van der Waals surface area contributed by atoms with Crippen LogP contribution in [0.1, 0.15) is 44.2 Å². The normalized spacial score (nSPS) is 23.7. The Labute approximate surface area is 111 Å². The topological polar surface area (TPSA) is 29.3 Å². The molecule has 1 aliphatic heterocycles. The van der Waals surface area contributed by atoms with Crippen LogP contribution in [-0.4, -0.2) is 18.6 Å². The van der Waals surface area contributed by atoms with Gasteiger partial charge in [0.25, 0.3) is 0 Å². The molecule has 2 N–H and O–H groups in total. The minimum absolute atomic E-state index is 0.675. The molecule has 2 heteroatoms. The number of hydrogen-bond acceptors (Lipinski definition) is 2. The largest absolute Gasteiger partial charge is 0.366 e. The Morgan fingerprint density at radius 1 is 1.33 bits per heavy atom. The number of nitrogens with zero attached hydrogens (tertiary/aromatic N) is 1. The Hall–Kier alpha value is -1.02. The molecule has 2 unspecified atom stereocenters. The Bertz CT molecular complexity index is 400. The highest BCUT2D eigenvalue weighted by atomic mass is 15.2. The van der Waals surface area contributed by atoms with Gasteiger partial charge in [-0.25, -0.2) is 0 Å². The van der Waals surface area contributed by atoms with Crippen LogP contribution in [0.5, 0.6) is 0 Å². The number of nitrogens with two attached hydrogens (primary N) is 1. The predicted molar refractivity (Wildman–Crippen MR) is 79.2 cm³/mol. The summed E-state index contributed by atoms with van der Waals surface area (Å²) in [6, 6.07) is 8.24. The molecule has 2 rings (SSSR count). The third-order valence-corrected chi connectivity index (χ3v) is 4.23. The van der Waals surface area contributed by atoms with Gasteiger partial charge in [-0.3, -0.25) is 0 Å². The van der Waals surface area contributed by atoms with E-state index in [0.29, 0.717) is 6.04 Å². The van der Waals surface area contributed by atoms with Crippen molar-refractivity contribution in [2.75, 3.05) is 11.4 Å². The summed E-state index contributed by atoms with van der Waals surface area (Å²) in [5, 5.41) is 0. The molecule has 100 valence electrons. The van der Waals surface area contributed by atoms with Gasteiger partial charge in [0, 0.05) is 17.8 Å². The van der Waals surface area contributed by atoms with Gasteiger partial charge < -0.3 is 10.6 Å². The van der Waals surface area contributed by atoms with E-state index >= 15 is 0 Å². The Kier molecular flexibility index (Phi) is 4.28. The highest BCUT2D eigenvalue weighted by Crippen LogP contribution is 2.34. The first-order chi connectivity index (χ1) is 8.67. The molecule has 2 atom stereocenters. The van der Waals surface area contributed by atoms with E-state index in [1.807, 2.05) is 0 Å². The quantitative estimate of drug-likeness (QED) is 0.883. The fourth-order valence-electron chi connectivity index (χ4n) is 3.24. The maximum Gasteiger partial charge on any atom is 0.0401 e. The van der Waals surface area contributed by atoms with Crippen LogP contribution in [0.25, 0.3) is 0 Å². The fourth-order valence-corrected chi connectivity index (χ4v) is 3.24. The average Bonchev–Trinajstić information content (AvgIpc) is 2.71. The second-order valence-electron chi connectivity index (χ2n) is 5.56. The number of rotatable bonds is 4. The monoisotopic (exact) mass is 246 g/mol. The molecule has 1 aromatic rings. The highest BCUT2D eigenvalue weighted by molar-refractivity contribution is 5.56. The lowest BCUT2D eigenvalue weighted by Crippen LogP contribution is -2.34.